The molecule has 0 aromatic rings. The van der Waals surface area contributed by atoms with Crippen molar-refractivity contribution < 1.29 is 4.39 Å². The van der Waals surface area contributed by atoms with Gasteiger partial charge in [0.05, 0.1) is 0 Å². The Bertz CT molecular complexity index is 62.7. The predicted octanol–water partition coefficient (Wildman–Crippen LogP) is 2.38. The van der Waals surface area contributed by atoms with Gasteiger partial charge in [-0.2, -0.15) is 4.39 Å². The molecule has 42 valence electrons. The molecular weight excluding hydrogens is 131 g/mol. The third-order valence-electron chi connectivity index (χ3n) is 0.420. The zero-order valence-electron chi connectivity index (χ0n) is 4.11. The molecular formula is C4H7FS2. The highest BCUT2D eigenvalue weighted by Gasteiger charge is 1.88. The zero-order valence-corrected chi connectivity index (χ0v) is 5.74. The number of thiocarbonyl (C=S) groups is 1. The molecule has 0 heterocycles. The molecule has 0 rings (SSSR count). The van der Waals surface area contributed by atoms with Gasteiger partial charge in [0.2, 0.25) is 4.45 Å². The molecule has 0 aliphatic heterocycles. The summed E-state index contributed by atoms with van der Waals surface area (Å²) in [7, 11) is 0. The summed E-state index contributed by atoms with van der Waals surface area (Å²) in [4.78, 5) is 0. The van der Waals surface area contributed by atoms with Crippen LogP contribution in [0.25, 0.3) is 0 Å². The van der Waals surface area contributed by atoms with Gasteiger partial charge in [0.1, 0.15) is 0 Å². The van der Waals surface area contributed by atoms with E-state index in [1.54, 1.807) is 0 Å². The largest absolute Gasteiger partial charge is 0.220 e. The van der Waals surface area contributed by atoms with Crippen LogP contribution in [0.5, 0.6) is 0 Å². The Morgan fingerprint density at radius 2 is 2.43 bits per heavy atom. The summed E-state index contributed by atoms with van der Waals surface area (Å²) < 4.78 is 11.1. The van der Waals surface area contributed by atoms with Crippen LogP contribution >= 0.6 is 24.0 Å². The molecule has 0 bridgehead atoms. The molecule has 0 nitrogen and oxygen atoms in total. The Morgan fingerprint density at radius 3 is 2.57 bits per heavy atom. The van der Waals surface area contributed by atoms with Crippen molar-refractivity contribution in [2.75, 3.05) is 5.75 Å². The lowest BCUT2D eigenvalue weighted by atomic mass is 10.6. The first-order valence-corrected chi connectivity index (χ1v) is 3.49. The normalized spacial score (nSPS) is 8.86. The van der Waals surface area contributed by atoms with Crippen LogP contribution in [0.1, 0.15) is 13.3 Å². The summed E-state index contributed by atoms with van der Waals surface area (Å²) >= 11 is 5.25. The van der Waals surface area contributed by atoms with E-state index in [9.17, 15) is 4.39 Å². The third kappa shape index (κ3) is 6.37. The smallest absolute Gasteiger partial charge is 0.186 e. The van der Waals surface area contributed by atoms with Crippen molar-refractivity contribution in [1.29, 1.82) is 0 Å². The van der Waals surface area contributed by atoms with Gasteiger partial charge in [0.15, 0.2) is 0 Å². The van der Waals surface area contributed by atoms with Gasteiger partial charge in [-0.25, -0.2) is 0 Å². The van der Waals surface area contributed by atoms with E-state index < -0.39 is 4.45 Å². The Hall–Kier alpha value is 0.370. The predicted molar refractivity (Wildman–Crippen MR) is 36.5 cm³/mol. The van der Waals surface area contributed by atoms with E-state index in [4.69, 9.17) is 0 Å². The van der Waals surface area contributed by atoms with Crippen LogP contribution in [0.2, 0.25) is 0 Å². The first kappa shape index (κ1) is 7.37. The van der Waals surface area contributed by atoms with Crippen LogP contribution in [0, 0.1) is 0 Å². The van der Waals surface area contributed by atoms with Gasteiger partial charge >= 0.3 is 0 Å². The molecule has 0 aromatic carbocycles. The lowest BCUT2D eigenvalue weighted by Crippen LogP contribution is -1.76. The molecule has 0 aliphatic carbocycles. The van der Waals surface area contributed by atoms with E-state index in [1.165, 1.54) is 0 Å². The fourth-order valence-corrected chi connectivity index (χ4v) is 0.797. The Balaban J connectivity index is 2.82. The highest BCUT2D eigenvalue weighted by Crippen LogP contribution is 2.05. The van der Waals surface area contributed by atoms with Crippen molar-refractivity contribution in [3.63, 3.8) is 0 Å². The summed E-state index contributed by atoms with van der Waals surface area (Å²) in [5.41, 5.74) is 0. The molecule has 7 heavy (non-hydrogen) atoms. The minimum atomic E-state index is -0.443. The van der Waals surface area contributed by atoms with Crippen LogP contribution in [0.3, 0.4) is 0 Å². The average Bonchev–Trinajstić information content (AvgIpc) is 1.61. The quantitative estimate of drug-likeness (QED) is 0.424. The summed E-state index contributed by atoms with van der Waals surface area (Å²) in [6.45, 7) is 1.99. The fraction of sp³-hybridized carbons (Fsp3) is 0.750. The molecule has 0 fully saturated rings. The summed E-state index contributed by atoms with van der Waals surface area (Å²) in [6, 6.07) is 0. The second-order valence-corrected chi connectivity index (χ2v) is 2.76. The van der Waals surface area contributed by atoms with Gasteiger partial charge in [-0.1, -0.05) is 18.7 Å². The van der Waals surface area contributed by atoms with Crippen LogP contribution in [-0.4, -0.2) is 10.2 Å². The number of thioether (sulfide) groups is 1. The maximum Gasteiger partial charge on any atom is 0.220 e. The molecule has 0 amide bonds. The second-order valence-electron chi connectivity index (χ2n) is 1.09. The minimum absolute atomic E-state index is 0.443. The Kier molecular flexibility index (Phi) is 4.77. The van der Waals surface area contributed by atoms with Gasteiger partial charge in [0, 0.05) is 5.75 Å². The van der Waals surface area contributed by atoms with E-state index >= 15 is 0 Å². The summed E-state index contributed by atoms with van der Waals surface area (Å²) in [5.74, 6) is 0.801. The number of hydrogen-bond donors (Lipinski definition) is 0. The van der Waals surface area contributed by atoms with E-state index in [0.29, 0.717) is 0 Å². The molecule has 0 aromatic heterocycles. The van der Waals surface area contributed by atoms with Crippen LogP contribution in [0.15, 0.2) is 0 Å². The molecule has 0 radical (unpaired) electrons. The number of hydrogen-bond acceptors (Lipinski definition) is 2. The van der Waals surface area contributed by atoms with Crippen LogP contribution in [-0.2, 0) is 0 Å². The molecule has 0 spiro atoms. The molecule has 0 saturated heterocycles. The van der Waals surface area contributed by atoms with Crippen molar-refractivity contribution >= 4 is 28.4 Å². The van der Waals surface area contributed by atoms with Crippen LogP contribution in [0.4, 0.5) is 4.39 Å². The van der Waals surface area contributed by atoms with Crippen molar-refractivity contribution in [2.45, 2.75) is 13.3 Å². The third-order valence-corrected chi connectivity index (χ3v) is 1.61. The van der Waals surface area contributed by atoms with Crippen molar-refractivity contribution in [3.05, 3.63) is 0 Å². The van der Waals surface area contributed by atoms with Crippen molar-refractivity contribution in [3.8, 4) is 0 Å². The van der Waals surface area contributed by atoms with E-state index in [0.717, 1.165) is 23.9 Å². The average molecular weight is 138 g/mol. The molecule has 0 unspecified atom stereocenters. The second kappa shape index (κ2) is 4.53. The maximum atomic E-state index is 11.6. The fourth-order valence-electron chi connectivity index (χ4n) is 0.182. The SMILES string of the molecule is CCCSC(F)=S. The summed E-state index contributed by atoms with van der Waals surface area (Å²) in [6.07, 6.45) is 0.981. The first-order chi connectivity index (χ1) is 3.27. The number of halogens is 1. The Morgan fingerprint density at radius 1 is 1.86 bits per heavy atom. The maximum absolute atomic E-state index is 11.6. The zero-order chi connectivity index (χ0) is 5.70. The molecule has 3 heteroatoms. The molecule has 0 saturated carbocycles. The monoisotopic (exact) mass is 138 g/mol. The van der Waals surface area contributed by atoms with E-state index in [-0.39, 0.29) is 0 Å². The van der Waals surface area contributed by atoms with Crippen molar-refractivity contribution in [2.24, 2.45) is 0 Å². The lowest BCUT2D eigenvalue weighted by Gasteiger charge is -1.86. The van der Waals surface area contributed by atoms with Gasteiger partial charge in [-0.15, -0.1) is 0 Å². The Labute approximate surface area is 52.5 Å². The van der Waals surface area contributed by atoms with Gasteiger partial charge in [-0.05, 0) is 18.6 Å². The van der Waals surface area contributed by atoms with Crippen LogP contribution < -0.4 is 0 Å². The highest BCUT2D eigenvalue weighted by atomic mass is 32.2. The topological polar surface area (TPSA) is 0 Å². The van der Waals surface area contributed by atoms with Crippen molar-refractivity contribution in [1.82, 2.24) is 0 Å². The number of rotatable bonds is 2. The highest BCUT2D eigenvalue weighted by molar-refractivity contribution is 8.22. The van der Waals surface area contributed by atoms with Gasteiger partial charge in [-0.3, -0.25) is 0 Å². The van der Waals surface area contributed by atoms with E-state index in [2.05, 4.69) is 12.2 Å². The first-order valence-electron chi connectivity index (χ1n) is 2.09. The minimum Gasteiger partial charge on any atom is -0.186 e. The van der Waals surface area contributed by atoms with Gasteiger partial charge < -0.3 is 0 Å². The molecule has 0 aliphatic rings. The lowest BCUT2D eigenvalue weighted by molar-refractivity contribution is 0.852. The standard InChI is InChI=1S/C4H7FS2/c1-2-3-7-4(5)6/h2-3H2,1H3. The van der Waals surface area contributed by atoms with E-state index in [1.807, 2.05) is 6.92 Å². The molecule has 0 N–H and O–H groups in total. The molecule has 0 atom stereocenters. The van der Waals surface area contributed by atoms with Gasteiger partial charge in [0.25, 0.3) is 0 Å². The summed E-state index contributed by atoms with van der Waals surface area (Å²) in [5, 5.41) is 0.